The van der Waals surface area contributed by atoms with Crippen molar-refractivity contribution >= 4 is 16.9 Å². The first-order valence-corrected chi connectivity index (χ1v) is 12.6. The van der Waals surface area contributed by atoms with E-state index >= 15 is 0 Å². The minimum Gasteiger partial charge on any atom is -0.493 e. The molecule has 5 nitrogen and oxygen atoms in total. The van der Waals surface area contributed by atoms with Gasteiger partial charge in [0, 0.05) is 19.5 Å². The summed E-state index contributed by atoms with van der Waals surface area (Å²) >= 11 is 0. The van der Waals surface area contributed by atoms with Crippen molar-refractivity contribution in [1.82, 2.24) is 14.9 Å². The SMILES string of the molecule is Cc1ccccc1OCCCn1c(CCCCCNC(=O)Cc2ccccc2)nc2ccccc21. The van der Waals surface area contributed by atoms with Gasteiger partial charge in [-0.2, -0.15) is 0 Å². The molecule has 1 amide bonds. The predicted molar refractivity (Wildman–Crippen MR) is 142 cm³/mol. The zero-order valence-electron chi connectivity index (χ0n) is 20.6. The van der Waals surface area contributed by atoms with Crippen molar-refractivity contribution in [1.29, 1.82) is 0 Å². The predicted octanol–water partition coefficient (Wildman–Crippen LogP) is 5.89. The van der Waals surface area contributed by atoms with Crippen LogP contribution in [-0.2, 0) is 24.2 Å². The van der Waals surface area contributed by atoms with Gasteiger partial charge >= 0.3 is 0 Å². The van der Waals surface area contributed by atoms with E-state index in [9.17, 15) is 4.79 Å². The largest absolute Gasteiger partial charge is 0.493 e. The molecule has 0 aliphatic carbocycles. The van der Waals surface area contributed by atoms with Gasteiger partial charge in [-0.05, 0) is 55.5 Å². The highest BCUT2D eigenvalue weighted by atomic mass is 16.5. The lowest BCUT2D eigenvalue weighted by atomic mass is 10.1. The van der Waals surface area contributed by atoms with Gasteiger partial charge in [0.25, 0.3) is 0 Å². The molecule has 3 aromatic carbocycles. The second kappa shape index (κ2) is 12.7. The molecular formula is C30H35N3O2. The summed E-state index contributed by atoms with van der Waals surface area (Å²) in [6, 6.07) is 26.4. The summed E-state index contributed by atoms with van der Waals surface area (Å²) in [7, 11) is 0. The first-order valence-electron chi connectivity index (χ1n) is 12.6. The van der Waals surface area contributed by atoms with Crippen LogP contribution in [0.4, 0.5) is 0 Å². The van der Waals surface area contributed by atoms with Gasteiger partial charge in [-0.25, -0.2) is 4.98 Å². The number of aryl methyl sites for hydroxylation is 3. The highest BCUT2D eigenvalue weighted by Crippen LogP contribution is 2.20. The summed E-state index contributed by atoms with van der Waals surface area (Å²) in [4.78, 5) is 17.0. The molecule has 1 heterocycles. The Labute approximate surface area is 208 Å². The number of para-hydroxylation sites is 3. The van der Waals surface area contributed by atoms with Crippen LogP contribution in [0.15, 0.2) is 78.9 Å². The van der Waals surface area contributed by atoms with Crippen molar-refractivity contribution in [3.8, 4) is 5.75 Å². The number of nitrogens with one attached hydrogen (secondary N) is 1. The molecule has 0 saturated heterocycles. The van der Waals surface area contributed by atoms with E-state index in [1.54, 1.807) is 0 Å². The molecule has 0 fully saturated rings. The van der Waals surface area contributed by atoms with Crippen LogP contribution in [0.1, 0.15) is 42.6 Å². The minimum absolute atomic E-state index is 0.0888. The lowest BCUT2D eigenvalue weighted by Crippen LogP contribution is -2.26. The molecule has 0 atom stereocenters. The highest BCUT2D eigenvalue weighted by molar-refractivity contribution is 5.78. The Balaban J connectivity index is 1.22. The van der Waals surface area contributed by atoms with Crippen molar-refractivity contribution in [3.05, 3.63) is 95.8 Å². The fraction of sp³-hybridized carbons (Fsp3) is 0.333. The van der Waals surface area contributed by atoms with E-state index in [-0.39, 0.29) is 5.91 Å². The van der Waals surface area contributed by atoms with Crippen molar-refractivity contribution in [2.75, 3.05) is 13.2 Å². The summed E-state index contributed by atoms with van der Waals surface area (Å²) in [5.41, 5.74) is 4.45. The standard InChI is InChI=1S/C30H35N3O2/c1-24-13-7-10-18-28(24)35-22-12-21-33-27-17-9-8-16-26(27)32-29(33)19-6-3-11-20-31-30(34)23-25-14-4-2-5-15-25/h2,4-5,7-10,13-18H,3,6,11-12,19-23H2,1H3,(H,31,34). The Morgan fingerprint density at radius 3 is 2.51 bits per heavy atom. The van der Waals surface area contributed by atoms with Gasteiger partial charge in [-0.3, -0.25) is 4.79 Å². The zero-order chi connectivity index (χ0) is 24.3. The van der Waals surface area contributed by atoms with Gasteiger partial charge in [-0.1, -0.05) is 67.1 Å². The van der Waals surface area contributed by atoms with Gasteiger partial charge in [0.2, 0.25) is 5.91 Å². The van der Waals surface area contributed by atoms with E-state index in [2.05, 4.69) is 41.1 Å². The monoisotopic (exact) mass is 469 g/mol. The Kier molecular flexibility index (Phi) is 8.93. The fourth-order valence-corrected chi connectivity index (χ4v) is 4.35. The number of rotatable bonds is 13. The van der Waals surface area contributed by atoms with E-state index in [0.717, 1.165) is 73.4 Å². The lowest BCUT2D eigenvalue weighted by molar-refractivity contribution is -0.120. The van der Waals surface area contributed by atoms with Gasteiger partial charge in [-0.15, -0.1) is 0 Å². The molecular weight excluding hydrogens is 434 g/mol. The summed E-state index contributed by atoms with van der Waals surface area (Å²) in [5.74, 6) is 2.18. The molecule has 0 bridgehead atoms. The molecule has 1 aromatic heterocycles. The molecule has 0 spiro atoms. The number of hydrogen-bond acceptors (Lipinski definition) is 3. The first kappa shape index (κ1) is 24.5. The third-order valence-electron chi connectivity index (χ3n) is 6.22. The molecule has 0 aliphatic rings. The van der Waals surface area contributed by atoms with Crippen molar-refractivity contribution in [3.63, 3.8) is 0 Å². The highest BCUT2D eigenvalue weighted by Gasteiger charge is 2.10. The van der Waals surface area contributed by atoms with Crippen LogP contribution in [0, 0.1) is 6.92 Å². The molecule has 35 heavy (non-hydrogen) atoms. The molecule has 0 unspecified atom stereocenters. The molecule has 4 rings (SSSR count). The summed E-state index contributed by atoms with van der Waals surface area (Å²) < 4.78 is 8.35. The number of benzene rings is 3. The molecule has 4 aromatic rings. The van der Waals surface area contributed by atoms with Gasteiger partial charge in [0.15, 0.2) is 0 Å². The summed E-state index contributed by atoms with van der Waals surface area (Å²) in [6.07, 6.45) is 5.40. The normalized spacial score (nSPS) is 11.0. The average molecular weight is 470 g/mol. The summed E-state index contributed by atoms with van der Waals surface area (Å²) in [6.45, 7) is 4.36. The van der Waals surface area contributed by atoms with E-state index < -0.39 is 0 Å². The number of imidazole rings is 1. The third-order valence-corrected chi connectivity index (χ3v) is 6.22. The number of ether oxygens (including phenoxy) is 1. The average Bonchev–Trinajstić information content (AvgIpc) is 3.23. The van der Waals surface area contributed by atoms with Crippen LogP contribution in [0.2, 0.25) is 0 Å². The number of aromatic nitrogens is 2. The number of amides is 1. The molecule has 0 aliphatic heterocycles. The van der Waals surface area contributed by atoms with Crippen LogP contribution in [-0.4, -0.2) is 28.6 Å². The van der Waals surface area contributed by atoms with Crippen LogP contribution in [0.25, 0.3) is 11.0 Å². The third kappa shape index (κ3) is 7.19. The van der Waals surface area contributed by atoms with Crippen molar-refractivity contribution < 1.29 is 9.53 Å². The van der Waals surface area contributed by atoms with Gasteiger partial charge < -0.3 is 14.6 Å². The Hall–Kier alpha value is -3.60. The van der Waals surface area contributed by atoms with E-state index in [1.807, 2.05) is 54.6 Å². The summed E-state index contributed by atoms with van der Waals surface area (Å²) in [5, 5.41) is 3.04. The fourth-order valence-electron chi connectivity index (χ4n) is 4.35. The van der Waals surface area contributed by atoms with Crippen molar-refractivity contribution in [2.24, 2.45) is 0 Å². The van der Waals surface area contributed by atoms with Gasteiger partial charge in [0.1, 0.15) is 11.6 Å². The number of nitrogens with zero attached hydrogens (tertiary/aromatic N) is 2. The van der Waals surface area contributed by atoms with E-state index in [0.29, 0.717) is 13.0 Å². The van der Waals surface area contributed by atoms with Crippen LogP contribution in [0.5, 0.6) is 5.75 Å². The topological polar surface area (TPSA) is 56.1 Å². The Bertz CT molecular complexity index is 1220. The smallest absolute Gasteiger partial charge is 0.224 e. The second-order valence-electron chi connectivity index (χ2n) is 8.96. The zero-order valence-corrected chi connectivity index (χ0v) is 20.6. The van der Waals surface area contributed by atoms with Crippen LogP contribution >= 0.6 is 0 Å². The molecule has 182 valence electrons. The molecule has 0 radical (unpaired) electrons. The number of unbranched alkanes of at least 4 members (excludes halogenated alkanes) is 2. The molecule has 0 saturated carbocycles. The van der Waals surface area contributed by atoms with E-state index in [4.69, 9.17) is 9.72 Å². The maximum absolute atomic E-state index is 12.1. The van der Waals surface area contributed by atoms with Crippen LogP contribution < -0.4 is 10.1 Å². The number of hydrogen-bond donors (Lipinski definition) is 1. The maximum atomic E-state index is 12.1. The number of fused-ring (bicyclic) bond motifs is 1. The minimum atomic E-state index is 0.0888. The molecule has 1 N–H and O–H groups in total. The van der Waals surface area contributed by atoms with Crippen LogP contribution in [0.3, 0.4) is 0 Å². The first-order chi connectivity index (χ1) is 17.2. The van der Waals surface area contributed by atoms with Gasteiger partial charge in [0.05, 0.1) is 24.1 Å². The Morgan fingerprint density at radius 1 is 0.886 bits per heavy atom. The molecule has 5 heteroatoms. The van der Waals surface area contributed by atoms with E-state index in [1.165, 1.54) is 5.52 Å². The quantitative estimate of drug-likeness (QED) is 0.249. The maximum Gasteiger partial charge on any atom is 0.224 e. The number of carbonyl (C=O) groups is 1. The lowest BCUT2D eigenvalue weighted by Gasteiger charge is -2.12. The Morgan fingerprint density at radius 2 is 1.66 bits per heavy atom. The second-order valence-corrected chi connectivity index (χ2v) is 8.96. The number of carbonyl (C=O) groups excluding carboxylic acids is 1. The van der Waals surface area contributed by atoms with Crippen molar-refractivity contribution in [2.45, 2.75) is 52.0 Å².